The van der Waals surface area contributed by atoms with Crippen LogP contribution in [0.1, 0.15) is 58.5 Å². The van der Waals surface area contributed by atoms with Crippen molar-refractivity contribution < 1.29 is 0 Å². The lowest BCUT2D eigenvalue weighted by Gasteiger charge is -2.23. The predicted octanol–water partition coefficient (Wildman–Crippen LogP) is 5.28. The lowest BCUT2D eigenvalue weighted by atomic mass is 9.82. The van der Waals surface area contributed by atoms with Crippen molar-refractivity contribution in [1.82, 2.24) is 4.98 Å². The minimum Gasteiger partial charge on any atom is -0.241 e. The maximum atomic E-state index is 4.81. The topological polar surface area (TPSA) is 12.9 Å². The van der Waals surface area contributed by atoms with Gasteiger partial charge in [0.15, 0.2) is 0 Å². The molecule has 0 unspecified atom stereocenters. The number of hydrogen-bond donors (Lipinski definition) is 0. The zero-order chi connectivity index (χ0) is 13.6. The highest BCUT2D eigenvalue weighted by atomic mass is 32.1. The van der Waals surface area contributed by atoms with Crippen molar-refractivity contribution >= 4 is 21.6 Å². The standard InChI is InChI=1S/C16H23NS/c1-7-16(5,6)11-8-9-13-12(10-11)17-14(18-13)15(2,3)4/h8-10H,7H2,1-6H3. The van der Waals surface area contributed by atoms with E-state index in [-0.39, 0.29) is 10.8 Å². The quantitative estimate of drug-likeness (QED) is 0.716. The van der Waals surface area contributed by atoms with E-state index >= 15 is 0 Å². The molecule has 2 heteroatoms. The second-order valence-corrected chi connectivity index (χ2v) is 7.72. The summed E-state index contributed by atoms with van der Waals surface area (Å²) in [6, 6.07) is 6.76. The Balaban J connectivity index is 2.53. The zero-order valence-electron chi connectivity index (χ0n) is 12.3. The van der Waals surface area contributed by atoms with Crippen molar-refractivity contribution in [2.24, 2.45) is 0 Å². The number of rotatable bonds is 2. The Morgan fingerprint density at radius 2 is 1.78 bits per heavy atom. The van der Waals surface area contributed by atoms with Crippen LogP contribution >= 0.6 is 11.3 Å². The highest BCUT2D eigenvalue weighted by Crippen LogP contribution is 2.34. The molecule has 0 atom stereocenters. The molecule has 0 aliphatic heterocycles. The summed E-state index contributed by atoms with van der Waals surface area (Å²) in [6.07, 6.45) is 1.15. The van der Waals surface area contributed by atoms with Crippen LogP contribution in [0.4, 0.5) is 0 Å². The molecule has 0 bridgehead atoms. The van der Waals surface area contributed by atoms with E-state index < -0.39 is 0 Å². The maximum Gasteiger partial charge on any atom is 0.0992 e. The molecular weight excluding hydrogens is 238 g/mol. The molecule has 1 heterocycles. The van der Waals surface area contributed by atoms with Gasteiger partial charge in [-0.2, -0.15) is 0 Å². The molecular formula is C16H23NS. The lowest BCUT2D eigenvalue weighted by Crippen LogP contribution is -2.15. The molecule has 18 heavy (non-hydrogen) atoms. The summed E-state index contributed by atoms with van der Waals surface area (Å²) in [7, 11) is 0. The van der Waals surface area contributed by atoms with Crippen molar-refractivity contribution in [3.05, 3.63) is 28.8 Å². The average molecular weight is 261 g/mol. The van der Waals surface area contributed by atoms with Crippen molar-refractivity contribution in [1.29, 1.82) is 0 Å². The van der Waals surface area contributed by atoms with Gasteiger partial charge in [0, 0.05) is 5.41 Å². The fourth-order valence-electron chi connectivity index (χ4n) is 1.87. The summed E-state index contributed by atoms with van der Waals surface area (Å²) in [6.45, 7) is 13.5. The van der Waals surface area contributed by atoms with Gasteiger partial charge in [-0.25, -0.2) is 4.98 Å². The van der Waals surface area contributed by atoms with E-state index in [9.17, 15) is 0 Å². The van der Waals surface area contributed by atoms with Gasteiger partial charge in [-0.1, -0.05) is 47.6 Å². The third kappa shape index (κ3) is 2.44. The molecule has 0 spiro atoms. The zero-order valence-corrected chi connectivity index (χ0v) is 13.1. The van der Waals surface area contributed by atoms with Gasteiger partial charge >= 0.3 is 0 Å². The molecule has 98 valence electrons. The molecule has 0 saturated heterocycles. The molecule has 1 aromatic heterocycles. The van der Waals surface area contributed by atoms with Crippen LogP contribution in [-0.2, 0) is 10.8 Å². The Hall–Kier alpha value is -0.890. The summed E-state index contributed by atoms with van der Waals surface area (Å²) in [4.78, 5) is 4.81. The molecule has 0 aliphatic carbocycles. The Morgan fingerprint density at radius 1 is 1.11 bits per heavy atom. The number of nitrogens with zero attached hydrogens (tertiary/aromatic N) is 1. The normalized spacial score (nSPS) is 13.2. The number of hydrogen-bond acceptors (Lipinski definition) is 2. The molecule has 2 rings (SSSR count). The number of thiazole rings is 1. The monoisotopic (exact) mass is 261 g/mol. The lowest BCUT2D eigenvalue weighted by molar-refractivity contribution is 0.507. The molecule has 0 saturated carbocycles. The third-order valence-corrected chi connectivity index (χ3v) is 5.16. The van der Waals surface area contributed by atoms with Crippen LogP contribution in [0.3, 0.4) is 0 Å². The first kappa shape index (κ1) is 13.5. The smallest absolute Gasteiger partial charge is 0.0992 e. The van der Waals surface area contributed by atoms with Crippen molar-refractivity contribution in [2.75, 3.05) is 0 Å². The Morgan fingerprint density at radius 3 is 2.33 bits per heavy atom. The van der Waals surface area contributed by atoms with E-state index in [0.29, 0.717) is 0 Å². The van der Waals surface area contributed by atoms with Gasteiger partial charge in [0.1, 0.15) is 0 Å². The van der Waals surface area contributed by atoms with E-state index in [1.165, 1.54) is 15.3 Å². The van der Waals surface area contributed by atoms with E-state index in [2.05, 4.69) is 59.7 Å². The highest BCUT2D eigenvalue weighted by molar-refractivity contribution is 7.18. The average Bonchev–Trinajstić information content (AvgIpc) is 2.71. The minimum absolute atomic E-state index is 0.143. The van der Waals surface area contributed by atoms with Crippen LogP contribution in [0.2, 0.25) is 0 Å². The molecule has 0 fully saturated rings. The fourth-order valence-corrected chi connectivity index (χ4v) is 2.88. The van der Waals surface area contributed by atoms with Crippen LogP contribution in [-0.4, -0.2) is 4.98 Å². The number of fused-ring (bicyclic) bond motifs is 1. The summed E-state index contributed by atoms with van der Waals surface area (Å²) in [5.41, 5.74) is 2.93. The SMILES string of the molecule is CCC(C)(C)c1ccc2sc(C(C)(C)C)nc2c1. The first-order valence-electron chi connectivity index (χ1n) is 6.65. The molecule has 1 aromatic carbocycles. The summed E-state index contributed by atoms with van der Waals surface area (Å²) < 4.78 is 1.30. The highest BCUT2D eigenvalue weighted by Gasteiger charge is 2.21. The van der Waals surface area contributed by atoms with E-state index in [1.54, 1.807) is 0 Å². The molecule has 0 aliphatic rings. The van der Waals surface area contributed by atoms with E-state index in [0.717, 1.165) is 11.9 Å². The molecule has 0 amide bonds. The van der Waals surface area contributed by atoms with Gasteiger partial charge in [-0.05, 0) is 29.5 Å². The Kier molecular flexibility index (Phi) is 3.26. The third-order valence-electron chi connectivity index (χ3n) is 3.69. The Labute approximate surface area is 114 Å². The van der Waals surface area contributed by atoms with Crippen LogP contribution in [0, 0.1) is 0 Å². The van der Waals surface area contributed by atoms with Crippen LogP contribution in [0.25, 0.3) is 10.2 Å². The largest absolute Gasteiger partial charge is 0.241 e. The van der Waals surface area contributed by atoms with Gasteiger partial charge in [0.2, 0.25) is 0 Å². The van der Waals surface area contributed by atoms with Gasteiger partial charge in [-0.15, -0.1) is 11.3 Å². The second-order valence-electron chi connectivity index (χ2n) is 6.69. The number of benzene rings is 1. The van der Waals surface area contributed by atoms with E-state index in [1.807, 2.05) is 11.3 Å². The minimum atomic E-state index is 0.143. The summed E-state index contributed by atoms with van der Waals surface area (Å²) >= 11 is 1.82. The van der Waals surface area contributed by atoms with Gasteiger partial charge in [0.05, 0.1) is 15.2 Å². The van der Waals surface area contributed by atoms with Crippen LogP contribution < -0.4 is 0 Å². The first-order chi connectivity index (χ1) is 8.24. The summed E-state index contributed by atoms with van der Waals surface area (Å²) in [5, 5.41) is 1.23. The van der Waals surface area contributed by atoms with Gasteiger partial charge in [-0.3, -0.25) is 0 Å². The molecule has 2 aromatic rings. The predicted molar refractivity (Wildman–Crippen MR) is 81.6 cm³/mol. The van der Waals surface area contributed by atoms with Crippen molar-refractivity contribution in [2.45, 2.75) is 58.8 Å². The Bertz CT molecular complexity index is 558. The van der Waals surface area contributed by atoms with E-state index in [4.69, 9.17) is 4.98 Å². The maximum absolute atomic E-state index is 4.81. The second kappa shape index (κ2) is 4.34. The molecule has 1 nitrogen and oxygen atoms in total. The fraction of sp³-hybridized carbons (Fsp3) is 0.562. The van der Waals surface area contributed by atoms with Crippen LogP contribution in [0.5, 0.6) is 0 Å². The van der Waals surface area contributed by atoms with Gasteiger partial charge < -0.3 is 0 Å². The van der Waals surface area contributed by atoms with Crippen molar-refractivity contribution in [3.8, 4) is 0 Å². The van der Waals surface area contributed by atoms with Crippen LogP contribution in [0.15, 0.2) is 18.2 Å². The molecule has 0 radical (unpaired) electrons. The van der Waals surface area contributed by atoms with Crippen molar-refractivity contribution in [3.63, 3.8) is 0 Å². The number of aromatic nitrogens is 1. The first-order valence-corrected chi connectivity index (χ1v) is 7.47. The molecule has 0 N–H and O–H groups in total. The van der Waals surface area contributed by atoms with Gasteiger partial charge in [0.25, 0.3) is 0 Å². The summed E-state index contributed by atoms with van der Waals surface area (Å²) in [5.74, 6) is 0.